The molecule has 1 unspecified atom stereocenters. The molecule has 7 heteroatoms. The van der Waals surface area contributed by atoms with Crippen LogP contribution in [0, 0.1) is 17.2 Å². The van der Waals surface area contributed by atoms with E-state index in [0.29, 0.717) is 30.3 Å². The smallest absolute Gasteiger partial charge is 0.249 e. The molecule has 0 bridgehead atoms. The number of carbonyl (C=O) groups excluding carboxylic acids is 2. The number of hydrogen-bond donors (Lipinski definition) is 2. The summed E-state index contributed by atoms with van der Waals surface area (Å²) < 4.78 is 5.45. The van der Waals surface area contributed by atoms with Gasteiger partial charge in [-0.2, -0.15) is 5.26 Å². The highest BCUT2D eigenvalue weighted by Gasteiger charge is 2.27. The van der Waals surface area contributed by atoms with Crippen LogP contribution in [0.15, 0.2) is 48.5 Å². The lowest BCUT2D eigenvalue weighted by Crippen LogP contribution is -2.29. The van der Waals surface area contributed by atoms with Crippen molar-refractivity contribution in [1.29, 1.82) is 5.26 Å². The second kappa shape index (κ2) is 8.82. The molecule has 1 amide bonds. The van der Waals surface area contributed by atoms with Gasteiger partial charge in [0.1, 0.15) is 11.6 Å². The predicted octanol–water partition coefficient (Wildman–Crippen LogP) is 3.24. The van der Waals surface area contributed by atoms with Gasteiger partial charge in [-0.25, -0.2) is 4.98 Å². The molecular weight excluding hydrogens is 356 g/mol. The van der Waals surface area contributed by atoms with Crippen LogP contribution in [-0.2, 0) is 16.0 Å². The molecule has 7 nitrogen and oxygen atoms in total. The van der Waals surface area contributed by atoms with Crippen LogP contribution in [0.3, 0.4) is 0 Å². The number of aryl methyl sites for hydroxylation is 1. The Kier molecular flexibility index (Phi) is 6.02. The number of nitrogens with one attached hydrogen (secondary N) is 2. The fourth-order valence-corrected chi connectivity index (χ4v) is 2.84. The number of Topliss-reactive ketones (excluding diaryl/α,β-unsaturated/α-hetero) is 1. The summed E-state index contributed by atoms with van der Waals surface area (Å²) in [5.74, 6) is -1.37. The Morgan fingerprint density at radius 2 is 1.96 bits per heavy atom. The molecule has 0 radical (unpaired) electrons. The van der Waals surface area contributed by atoms with Crippen LogP contribution in [0.25, 0.3) is 11.0 Å². The highest BCUT2D eigenvalue weighted by Crippen LogP contribution is 2.24. The highest BCUT2D eigenvalue weighted by atomic mass is 16.5. The summed E-state index contributed by atoms with van der Waals surface area (Å²) in [7, 11) is 0. The predicted molar refractivity (Wildman–Crippen MR) is 105 cm³/mol. The van der Waals surface area contributed by atoms with Crippen molar-refractivity contribution < 1.29 is 14.3 Å². The number of carbonyl (C=O) groups is 2. The number of imidazole rings is 1. The van der Waals surface area contributed by atoms with Gasteiger partial charge in [-0.3, -0.25) is 9.59 Å². The maximum absolute atomic E-state index is 12.5. The van der Waals surface area contributed by atoms with Gasteiger partial charge in [0.05, 0.1) is 29.4 Å². The van der Waals surface area contributed by atoms with Gasteiger partial charge in [-0.15, -0.1) is 0 Å². The first-order chi connectivity index (χ1) is 13.6. The van der Waals surface area contributed by atoms with E-state index in [4.69, 9.17) is 4.74 Å². The van der Waals surface area contributed by atoms with E-state index >= 15 is 0 Å². The molecule has 0 aliphatic rings. The van der Waals surface area contributed by atoms with E-state index in [-0.39, 0.29) is 6.42 Å². The molecule has 0 aliphatic carbocycles. The van der Waals surface area contributed by atoms with Crippen molar-refractivity contribution in [1.82, 2.24) is 9.97 Å². The lowest BCUT2D eigenvalue weighted by molar-refractivity contribution is -0.128. The molecule has 1 atom stereocenters. The summed E-state index contributed by atoms with van der Waals surface area (Å²) >= 11 is 0. The molecule has 0 aliphatic heterocycles. The van der Waals surface area contributed by atoms with Gasteiger partial charge < -0.3 is 15.0 Å². The molecule has 0 saturated heterocycles. The number of ketones is 1. The number of nitrogens with zero attached hydrogens (tertiary/aromatic N) is 2. The number of aromatic nitrogens is 2. The minimum Gasteiger partial charge on any atom is -0.492 e. The van der Waals surface area contributed by atoms with Crippen LogP contribution in [0.2, 0.25) is 0 Å². The number of H-pyrrole nitrogens is 1. The van der Waals surface area contributed by atoms with E-state index in [1.165, 1.54) is 0 Å². The topological polar surface area (TPSA) is 108 Å². The van der Waals surface area contributed by atoms with E-state index < -0.39 is 17.6 Å². The third-order valence-corrected chi connectivity index (χ3v) is 4.20. The number of benzene rings is 2. The van der Waals surface area contributed by atoms with Crippen molar-refractivity contribution in [2.24, 2.45) is 5.92 Å². The zero-order valence-electron chi connectivity index (χ0n) is 15.4. The van der Waals surface area contributed by atoms with Crippen molar-refractivity contribution in [3.8, 4) is 11.8 Å². The number of ether oxygens (including phenoxy) is 1. The second-order valence-electron chi connectivity index (χ2n) is 6.15. The highest BCUT2D eigenvalue weighted by molar-refractivity contribution is 6.09. The molecule has 0 fully saturated rings. The quantitative estimate of drug-likeness (QED) is 0.587. The number of fused-ring (bicyclic) bond motifs is 1. The monoisotopic (exact) mass is 376 g/mol. The summed E-state index contributed by atoms with van der Waals surface area (Å²) in [4.78, 5) is 32.5. The van der Waals surface area contributed by atoms with E-state index in [2.05, 4.69) is 15.3 Å². The standard InChI is InChI=1S/C21H20N4O3/c1-2-28-19-10-6-5-9-17(19)25-21(27)14(13-22)18(26)11-12-20-23-15-7-3-4-8-16(15)24-20/h3-10,14H,2,11-12H2,1H3,(H,23,24)(H,25,27). The van der Waals surface area contributed by atoms with Crippen LogP contribution in [0.1, 0.15) is 19.2 Å². The van der Waals surface area contributed by atoms with Crippen molar-refractivity contribution in [3.05, 3.63) is 54.4 Å². The van der Waals surface area contributed by atoms with Gasteiger partial charge in [0.2, 0.25) is 5.91 Å². The fourth-order valence-electron chi connectivity index (χ4n) is 2.84. The third-order valence-electron chi connectivity index (χ3n) is 4.20. The zero-order valence-corrected chi connectivity index (χ0v) is 15.4. The van der Waals surface area contributed by atoms with E-state index in [1.54, 1.807) is 30.3 Å². The molecular formula is C21H20N4O3. The molecule has 1 aromatic heterocycles. The fraction of sp³-hybridized carbons (Fsp3) is 0.238. The molecule has 3 rings (SSSR count). The Morgan fingerprint density at radius 1 is 1.21 bits per heavy atom. The van der Waals surface area contributed by atoms with Gasteiger partial charge in [0.15, 0.2) is 11.7 Å². The number of anilines is 1. The van der Waals surface area contributed by atoms with Gasteiger partial charge in [-0.05, 0) is 31.2 Å². The Bertz CT molecular complexity index is 1000. The van der Waals surface area contributed by atoms with Crippen molar-refractivity contribution in [2.75, 3.05) is 11.9 Å². The van der Waals surface area contributed by atoms with Gasteiger partial charge in [-0.1, -0.05) is 24.3 Å². The van der Waals surface area contributed by atoms with Crippen LogP contribution >= 0.6 is 0 Å². The van der Waals surface area contributed by atoms with Crippen molar-refractivity contribution in [2.45, 2.75) is 19.8 Å². The molecule has 1 heterocycles. The van der Waals surface area contributed by atoms with Crippen LogP contribution in [0.5, 0.6) is 5.75 Å². The number of rotatable bonds is 8. The number of amides is 1. The first kappa shape index (κ1) is 19.1. The first-order valence-corrected chi connectivity index (χ1v) is 9.01. The first-order valence-electron chi connectivity index (χ1n) is 9.01. The molecule has 0 spiro atoms. The maximum atomic E-state index is 12.5. The molecule has 0 saturated carbocycles. The minimum absolute atomic E-state index is 0.0403. The van der Waals surface area contributed by atoms with Crippen molar-refractivity contribution >= 4 is 28.4 Å². The Hall–Kier alpha value is -3.66. The zero-order chi connectivity index (χ0) is 19.9. The Morgan fingerprint density at radius 3 is 2.71 bits per heavy atom. The lowest BCUT2D eigenvalue weighted by atomic mass is 10.0. The van der Waals surface area contributed by atoms with E-state index in [1.807, 2.05) is 31.2 Å². The molecule has 28 heavy (non-hydrogen) atoms. The minimum atomic E-state index is -1.39. The second-order valence-corrected chi connectivity index (χ2v) is 6.15. The largest absolute Gasteiger partial charge is 0.492 e. The number of para-hydroxylation sites is 4. The summed E-state index contributed by atoms with van der Waals surface area (Å²) in [6, 6.07) is 16.2. The molecule has 142 valence electrons. The SMILES string of the molecule is CCOc1ccccc1NC(=O)C(C#N)C(=O)CCc1nc2ccccc2[nH]1. The molecule has 2 N–H and O–H groups in total. The average molecular weight is 376 g/mol. The summed E-state index contributed by atoms with van der Waals surface area (Å²) in [6.45, 7) is 2.27. The van der Waals surface area contributed by atoms with Gasteiger partial charge in [0.25, 0.3) is 0 Å². The van der Waals surface area contributed by atoms with E-state index in [9.17, 15) is 14.9 Å². The summed E-state index contributed by atoms with van der Waals surface area (Å²) in [6.07, 6.45) is 0.368. The van der Waals surface area contributed by atoms with Crippen LogP contribution in [0.4, 0.5) is 5.69 Å². The normalized spacial score (nSPS) is 11.6. The third kappa shape index (κ3) is 4.35. The summed E-state index contributed by atoms with van der Waals surface area (Å²) in [5, 5.41) is 12.0. The average Bonchev–Trinajstić information content (AvgIpc) is 3.12. The Labute approximate surface area is 162 Å². The Balaban J connectivity index is 1.64. The van der Waals surface area contributed by atoms with Gasteiger partial charge >= 0.3 is 0 Å². The summed E-state index contributed by atoms with van der Waals surface area (Å²) in [5.41, 5.74) is 2.12. The molecule has 3 aromatic rings. The maximum Gasteiger partial charge on any atom is 0.249 e. The number of aromatic amines is 1. The van der Waals surface area contributed by atoms with Crippen LogP contribution in [-0.4, -0.2) is 28.3 Å². The van der Waals surface area contributed by atoms with Crippen molar-refractivity contribution in [3.63, 3.8) is 0 Å². The van der Waals surface area contributed by atoms with Gasteiger partial charge in [0, 0.05) is 12.8 Å². The van der Waals surface area contributed by atoms with E-state index in [0.717, 1.165) is 11.0 Å². The van der Waals surface area contributed by atoms with Crippen LogP contribution < -0.4 is 10.1 Å². The lowest BCUT2D eigenvalue weighted by Gasteiger charge is -2.13. The number of hydrogen-bond acceptors (Lipinski definition) is 5. The number of nitriles is 1. The molecule has 2 aromatic carbocycles.